The number of allylic oxidation sites excluding steroid dienone is 18. The Labute approximate surface area is 358 Å². The van der Waals surface area contributed by atoms with Crippen LogP contribution in [0.1, 0.15) is 44.5 Å². The van der Waals surface area contributed by atoms with Crippen molar-refractivity contribution in [1.29, 1.82) is 42.1 Å². The molecule has 8 nitrogen and oxygen atoms in total. The van der Waals surface area contributed by atoms with Crippen molar-refractivity contribution in [2.45, 2.75) is 12.4 Å². The van der Waals surface area contributed by atoms with E-state index in [1.54, 1.807) is 48.6 Å². The third-order valence-electron chi connectivity index (χ3n) is 9.43. The first-order valence-electron chi connectivity index (χ1n) is 17.6. The monoisotopic (exact) mass is 858 g/mol. The van der Waals surface area contributed by atoms with Crippen LogP contribution in [0.4, 0.5) is 35.1 Å². The number of hydrogen-bond acceptors (Lipinski definition) is 8. The average Bonchev–Trinajstić information content (AvgIpc) is 3.58. The van der Waals surface area contributed by atoms with Crippen molar-refractivity contribution in [1.82, 2.24) is 0 Å². The highest BCUT2D eigenvalue weighted by Crippen LogP contribution is 2.52. The molecule has 306 valence electrons. The first kappa shape index (κ1) is 45.5. The molecule has 2 aliphatic carbocycles. The van der Waals surface area contributed by atoms with Gasteiger partial charge in [0.2, 0.25) is 0 Å². The Balaban J connectivity index is 2.17. The average molecular weight is 859 g/mol. The molecule has 3 aromatic rings. The van der Waals surface area contributed by atoms with Crippen LogP contribution >= 0.6 is 0 Å². The fourth-order valence-electron chi connectivity index (χ4n) is 6.49. The fraction of sp³-hybridized carbons (Fsp3) is 0.0417. The van der Waals surface area contributed by atoms with Crippen molar-refractivity contribution in [2.24, 2.45) is 0 Å². The zero-order valence-corrected chi connectivity index (χ0v) is 32.1. The van der Waals surface area contributed by atoms with E-state index in [2.05, 4.69) is 13.2 Å². The highest BCUT2D eigenvalue weighted by atomic mass is 19.4. The van der Waals surface area contributed by atoms with Crippen LogP contribution in [0.25, 0.3) is 16.7 Å². The molecule has 0 radical (unpaired) electrons. The predicted octanol–water partition coefficient (Wildman–Crippen LogP) is 11.5. The summed E-state index contributed by atoms with van der Waals surface area (Å²) in [6, 6.07) is 23.0. The number of rotatable bonds is 6. The summed E-state index contributed by atoms with van der Waals surface area (Å²) in [6.45, 7) is 6.78. The quantitative estimate of drug-likeness (QED) is 0.133. The summed E-state index contributed by atoms with van der Waals surface area (Å²) < 4.78 is 117. The fourth-order valence-corrected chi connectivity index (χ4v) is 6.49. The van der Waals surface area contributed by atoms with E-state index in [-0.39, 0.29) is 38.9 Å². The third-order valence-corrected chi connectivity index (χ3v) is 9.43. The molecule has 16 heteroatoms. The van der Waals surface area contributed by atoms with Gasteiger partial charge in [0.25, 0.3) is 0 Å². The van der Waals surface area contributed by atoms with Gasteiger partial charge in [0.15, 0.2) is 5.83 Å². The molecule has 0 spiro atoms. The molecule has 0 fully saturated rings. The van der Waals surface area contributed by atoms with Crippen molar-refractivity contribution in [3.63, 3.8) is 0 Å². The van der Waals surface area contributed by atoms with Crippen molar-refractivity contribution in [3.8, 4) is 48.6 Å². The van der Waals surface area contributed by atoms with Gasteiger partial charge in [-0.3, -0.25) is 0 Å². The summed E-state index contributed by atoms with van der Waals surface area (Å²) in [4.78, 5) is 0. The van der Waals surface area contributed by atoms with E-state index in [9.17, 15) is 68.4 Å². The Morgan fingerprint density at radius 3 is 1.48 bits per heavy atom. The van der Waals surface area contributed by atoms with Gasteiger partial charge in [0, 0.05) is 27.9 Å². The smallest absolute Gasteiger partial charge is 0.205 e. The molecule has 0 atom stereocenters. The van der Waals surface area contributed by atoms with E-state index in [4.69, 9.17) is 0 Å². The van der Waals surface area contributed by atoms with Crippen LogP contribution in [-0.4, -0.2) is 6.18 Å². The Morgan fingerprint density at radius 2 is 1.06 bits per heavy atom. The molecule has 0 saturated carbocycles. The summed E-state index contributed by atoms with van der Waals surface area (Å²) >= 11 is 0. The first-order chi connectivity index (χ1) is 30.3. The normalized spacial score (nSPS) is 18.2. The molecule has 3 aromatic carbocycles. The lowest BCUT2D eigenvalue weighted by molar-refractivity contribution is -0.137. The van der Waals surface area contributed by atoms with Gasteiger partial charge in [-0.25, -0.2) is 8.78 Å². The highest BCUT2D eigenvalue weighted by molar-refractivity contribution is 6.01. The Hall–Kier alpha value is -9.58. The van der Waals surface area contributed by atoms with Crippen molar-refractivity contribution in [3.05, 3.63) is 204 Å². The van der Waals surface area contributed by atoms with Gasteiger partial charge in [0.05, 0.1) is 74.4 Å². The molecule has 0 aliphatic heterocycles. The molecule has 0 N–H and O–H groups in total. The number of alkyl halides is 6. The third kappa shape index (κ3) is 8.81. The molecule has 64 heavy (non-hydrogen) atoms. The van der Waals surface area contributed by atoms with E-state index in [0.717, 1.165) is 54.6 Å². The molecule has 0 heterocycles. The number of halogens is 8. The van der Waals surface area contributed by atoms with Crippen LogP contribution < -0.4 is 0 Å². The molecule has 0 unspecified atom stereocenters. The van der Waals surface area contributed by atoms with Gasteiger partial charge in [-0.2, -0.15) is 68.4 Å². The van der Waals surface area contributed by atoms with E-state index in [1.165, 1.54) is 0 Å². The lowest BCUT2D eigenvalue weighted by Crippen LogP contribution is -2.08. The van der Waals surface area contributed by atoms with Gasteiger partial charge < -0.3 is 0 Å². The zero-order valence-electron chi connectivity index (χ0n) is 32.1. The summed E-state index contributed by atoms with van der Waals surface area (Å²) in [5.41, 5.74) is -12.9. The SMILES string of the molecule is C=C(/C=C\C(=C)C(F)(F)F)\C1=C/C(=C(\C#N)c2cc(C#N)cc(C#N)c2)C(/F)=C(C#N)\C=C(/c2ccc(C(F)(F)F)cc2)C2=C1/C(=C(\C#N)c1cc(C#N)cc(C#N)c1)C(F)=C2C#N. The molecular weight excluding hydrogens is 841 g/mol. The Morgan fingerprint density at radius 1 is 0.562 bits per heavy atom. The molecule has 0 aromatic heterocycles. The molecular formula is C48H18F8N8. The molecule has 0 amide bonds. The minimum atomic E-state index is -5.04. The summed E-state index contributed by atoms with van der Waals surface area (Å²) in [5.74, 6) is -3.13. The van der Waals surface area contributed by atoms with Crippen molar-refractivity contribution < 1.29 is 35.1 Å². The summed E-state index contributed by atoms with van der Waals surface area (Å²) in [5, 5.41) is 81.3. The maximum Gasteiger partial charge on any atom is 0.416 e. The topological polar surface area (TPSA) is 190 Å². The van der Waals surface area contributed by atoms with Crippen LogP contribution in [0.2, 0.25) is 0 Å². The van der Waals surface area contributed by atoms with Crippen LogP contribution in [0.5, 0.6) is 0 Å². The van der Waals surface area contributed by atoms with Gasteiger partial charge >= 0.3 is 12.4 Å². The summed E-state index contributed by atoms with van der Waals surface area (Å²) in [6.07, 6.45) is -7.41. The molecule has 5 rings (SSSR count). The maximum atomic E-state index is 17.4. The molecule has 2 aliphatic rings. The lowest BCUT2D eigenvalue weighted by Gasteiger charge is -2.19. The molecule has 0 saturated heterocycles. The Bertz CT molecular complexity index is 3190. The minimum absolute atomic E-state index is 0.215. The lowest BCUT2D eigenvalue weighted by atomic mass is 9.83. The van der Waals surface area contributed by atoms with Gasteiger partial charge in [-0.15, -0.1) is 0 Å². The standard InChI is InChI=1S/C48H18F8N8/c1-25(3-4-26(2)47(51,52)53)36-16-38(39(22-62)32-11-27(17-57)9-28(12-32)18-58)45(49)34(21-61)15-37(31-5-7-35(8-6-31)48(54,55)56)42-41(24-64)46(50)44(43(36)42)40(23-63)33-13-29(19-59)10-30(14-33)20-60/h3-16H,1-2H2/b4-3-,36-16+,37-15+,39-38-,44-40-,45-34-. The van der Waals surface area contributed by atoms with Crippen LogP contribution in [0.3, 0.4) is 0 Å². The summed E-state index contributed by atoms with van der Waals surface area (Å²) in [7, 11) is 0. The van der Waals surface area contributed by atoms with Crippen molar-refractivity contribution >= 4 is 16.7 Å². The largest absolute Gasteiger partial charge is 0.416 e. The highest BCUT2D eigenvalue weighted by Gasteiger charge is 2.39. The van der Waals surface area contributed by atoms with E-state index < -0.39 is 96.4 Å². The van der Waals surface area contributed by atoms with E-state index >= 15 is 8.78 Å². The Kier molecular flexibility index (Phi) is 12.8. The van der Waals surface area contributed by atoms with E-state index in [0.29, 0.717) is 30.4 Å². The minimum Gasteiger partial charge on any atom is -0.205 e. The second-order valence-electron chi connectivity index (χ2n) is 13.3. The number of nitriles is 8. The first-order valence-corrected chi connectivity index (χ1v) is 17.6. The predicted molar refractivity (Wildman–Crippen MR) is 212 cm³/mol. The van der Waals surface area contributed by atoms with Gasteiger partial charge in [-0.05, 0) is 94.1 Å². The number of benzene rings is 3. The van der Waals surface area contributed by atoms with Crippen molar-refractivity contribution in [2.75, 3.05) is 0 Å². The second kappa shape index (κ2) is 18.0. The number of nitrogens with zero attached hydrogens (tertiary/aromatic N) is 8. The maximum absolute atomic E-state index is 17.4. The number of hydrogen-bond donors (Lipinski definition) is 0. The van der Waals surface area contributed by atoms with Crippen LogP contribution in [0, 0.1) is 90.6 Å². The zero-order chi connectivity index (χ0) is 47.3. The van der Waals surface area contributed by atoms with Crippen LogP contribution in [-0.2, 0) is 6.18 Å². The van der Waals surface area contributed by atoms with Gasteiger partial charge in [0.1, 0.15) is 30.1 Å². The second-order valence-corrected chi connectivity index (χ2v) is 13.3. The van der Waals surface area contributed by atoms with E-state index in [1.807, 2.05) is 0 Å². The molecule has 0 bridgehead atoms. The van der Waals surface area contributed by atoms with Crippen LogP contribution in [0.15, 0.2) is 160 Å². The van der Waals surface area contributed by atoms with Gasteiger partial charge in [-0.1, -0.05) is 37.4 Å².